The standard InChI is InChI=1S/C14H22N2O2.ClH/c1-16(10-5-11-18-2)14(17)9-8-12-6-3-4-7-13(12)15;/h3-4,6-7H,5,8-11,15H2,1-2H3;1H. The summed E-state index contributed by atoms with van der Waals surface area (Å²) in [5, 5.41) is 0. The molecule has 0 atom stereocenters. The summed E-state index contributed by atoms with van der Waals surface area (Å²) in [6.07, 6.45) is 2.06. The summed E-state index contributed by atoms with van der Waals surface area (Å²) in [5.74, 6) is 0.148. The molecule has 0 aliphatic carbocycles. The largest absolute Gasteiger partial charge is 0.399 e. The molecule has 19 heavy (non-hydrogen) atoms. The molecule has 0 aromatic heterocycles. The number of anilines is 1. The molecule has 4 nitrogen and oxygen atoms in total. The van der Waals surface area contributed by atoms with Gasteiger partial charge >= 0.3 is 0 Å². The second kappa shape index (κ2) is 9.64. The van der Waals surface area contributed by atoms with Gasteiger partial charge < -0.3 is 15.4 Å². The van der Waals surface area contributed by atoms with Crippen LogP contribution in [-0.4, -0.2) is 38.1 Å². The second-order valence-corrected chi connectivity index (χ2v) is 4.36. The lowest BCUT2D eigenvalue weighted by Gasteiger charge is -2.17. The Morgan fingerprint density at radius 3 is 2.68 bits per heavy atom. The molecule has 1 rings (SSSR count). The summed E-state index contributed by atoms with van der Waals surface area (Å²) in [4.78, 5) is 13.6. The minimum atomic E-state index is 0. The zero-order valence-corrected chi connectivity index (χ0v) is 12.4. The monoisotopic (exact) mass is 286 g/mol. The van der Waals surface area contributed by atoms with Gasteiger partial charge in [0.05, 0.1) is 0 Å². The van der Waals surface area contributed by atoms with Crippen molar-refractivity contribution in [1.29, 1.82) is 0 Å². The molecular weight excluding hydrogens is 264 g/mol. The van der Waals surface area contributed by atoms with Crippen LogP contribution in [0.15, 0.2) is 24.3 Å². The first-order valence-corrected chi connectivity index (χ1v) is 6.21. The van der Waals surface area contributed by atoms with E-state index in [4.69, 9.17) is 10.5 Å². The topological polar surface area (TPSA) is 55.6 Å². The number of ether oxygens (including phenoxy) is 1. The third kappa shape index (κ3) is 6.45. The van der Waals surface area contributed by atoms with Crippen molar-refractivity contribution in [3.05, 3.63) is 29.8 Å². The van der Waals surface area contributed by atoms with Crippen molar-refractivity contribution in [2.24, 2.45) is 0 Å². The smallest absolute Gasteiger partial charge is 0.222 e. The number of hydrogen-bond acceptors (Lipinski definition) is 3. The molecule has 0 radical (unpaired) electrons. The normalized spacial score (nSPS) is 9.79. The highest BCUT2D eigenvalue weighted by atomic mass is 35.5. The number of halogens is 1. The van der Waals surface area contributed by atoms with Crippen LogP contribution >= 0.6 is 12.4 Å². The maximum Gasteiger partial charge on any atom is 0.222 e. The van der Waals surface area contributed by atoms with Crippen LogP contribution in [0, 0.1) is 0 Å². The molecule has 0 unspecified atom stereocenters. The number of nitrogen functional groups attached to an aromatic ring is 1. The Bertz CT molecular complexity index is 385. The Morgan fingerprint density at radius 1 is 1.37 bits per heavy atom. The van der Waals surface area contributed by atoms with Crippen LogP contribution in [0.4, 0.5) is 5.69 Å². The lowest BCUT2D eigenvalue weighted by Crippen LogP contribution is -2.28. The van der Waals surface area contributed by atoms with Crippen LogP contribution < -0.4 is 5.73 Å². The summed E-state index contributed by atoms with van der Waals surface area (Å²) < 4.78 is 4.96. The van der Waals surface area contributed by atoms with E-state index in [1.165, 1.54) is 0 Å². The number of aryl methyl sites for hydroxylation is 1. The minimum absolute atomic E-state index is 0. The molecule has 5 heteroatoms. The van der Waals surface area contributed by atoms with Crippen molar-refractivity contribution < 1.29 is 9.53 Å². The van der Waals surface area contributed by atoms with Crippen LogP contribution in [0.1, 0.15) is 18.4 Å². The van der Waals surface area contributed by atoms with Gasteiger partial charge in [-0.15, -0.1) is 12.4 Å². The molecule has 0 aliphatic rings. The Kier molecular flexibility index (Phi) is 9.00. The lowest BCUT2D eigenvalue weighted by molar-refractivity contribution is -0.130. The van der Waals surface area contributed by atoms with Crippen molar-refractivity contribution >= 4 is 24.0 Å². The van der Waals surface area contributed by atoms with Gasteiger partial charge in [0.15, 0.2) is 0 Å². The summed E-state index contributed by atoms with van der Waals surface area (Å²) in [5.41, 5.74) is 7.63. The first-order valence-electron chi connectivity index (χ1n) is 6.21. The average Bonchev–Trinajstić information content (AvgIpc) is 2.37. The molecule has 0 saturated carbocycles. The maximum atomic E-state index is 11.9. The number of para-hydroxylation sites is 1. The van der Waals surface area contributed by atoms with Gasteiger partial charge in [0.2, 0.25) is 5.91 Å². The van der Waals surface area contributed by atoms with Gasteiger partial charge in [-0.05, 0) is 24.5 Å². The predicted octanol–water partition coefficient (Wildman–Crippen LogP) is 2.12. The summed E-state index contributed by atoms with van der Waals surface area (Å²) >= 11 is 0. The van der Waals surface area contributed by atoms with Crippen molar-refractivity contribution in [3.8, 4) is 0 Å². The van der Waals surface area contributed by atoms with Crippen LogP contribution in [-0.2, 0) is 16.0 Å². The third-order valence-corrected chi connectivity index (χ3v) is 2.93. The van der Waals surface area contributed by atoms with E-state index in [1.54, 1.807) is 12.0 Å². The molecule has 1 amide bonds. The number of benzene rings is 1. The van der Waals surface area contributed by atoms with Crippen molar-refractivity contribution in [3.63, 3.8) is 0 Å². The highest BCUT2D eigenvalue weighted by Gasteiger charge is 2.09. The van der Waals surface area contributed by atoms with E-state index < -0.39 is 0 Å². The summed E-state index contributed by atoms with van der Waals surface area (Å²) in [7, 11) is 3.49. The van der Waals surface area contributed by atoms with Crippen LogP contribution in [0.3, 0.4) is 0 Å². The third-order valence-electron chi connectivity index (χ3n) is 2.93. The molecular formula is C14H23ClN2O2. The van der Waals surface area contributed by atoms with Crippen LogP contribution in [0.25, 0.3) is 0 Å². The molecule has 0 heterocycles. The molecule has 1 aromatic carbocycles. The van der Waals surface area contributed by atoms with Gasteiger partial charge in [-0.2, -0.15) is 0 Å². The number of rotatable bonds is 7. The number of methoxy groups -OCH3 is 1. The Balaban J connectivity index is 0.00000324. The number of carbonyl (C=O) groups is 1. The van der Waals surface area contributed by atoms with E-state index >= 15 is 0 Å². The highest BCUT2D eigenvalue weighted by Crippen LogP contribution is 2.13. The number of nitrogens with two attached hydrogens (primary N) is 1. The zero-order valence-electron chi connectivity index (χ0n) is 11.6. The van der Waals surface area contributed by atoms with Gasteiger partial charge in [0, 0.05) is 39.4 Å². The highest BCUT2D eigenvalue weighted by molar-refractivity contribution is 5.85. The van der Waals surface area contributed by atoms with Crippen molar-refractivity contribution in [2.75, 3.05) is 33.0 Å². The molecule has 0 spiro atoms. The van der Waals surface area contributed by atoms with E-state index in [0.717, 1.165) is 24.2 Å². The SMILES string of the molecule is COCCCN(C)C(=O)CCc1ccccc1N.Cl. The fourth-order valence-corrected chi connectivity index (χ4v) is 1.77. The van der Waals surface area contributed by atoms with E-state index in [0.29, 0.717) is 19.4 Å². The van der Waals surface area contributed by atoms with Gasteiger partial charge in [0.1, 0.15) is 0 Å². The van der Waals surface area contributed by atoms with E-state index in [-0.39, 0.29) is 18.3 Å². The van der Waals surface area contributed by atoms with Crippen molar-refractivity contribution in [2.45, 2.75) is 19.3 Å². The molecule has 1 aromatic rings. The number of nitrogens with zero attached hydrogens (tertiary/aromatic N) is 1. The van der Waals surface area contributed by atoms with Gasteiger partial charge in [-0.1, -0.05) is 18.2 Å². The zero-order chi connectivity index (χ0) is 13.4. The molecule has 108 valence electrons. The van der Waals surface area contributed by atoms with E-state index in [9.17, 15) is 4.79 Å². The maximum absolute atomic E-state index is 11.9. The second-order valence-electron chi connectivity index (χ2n) is 4.36. The summed E-state index contributed by atoms with van der Waals surface area (Å²) in [6.45, 7) is 1.42. The first kappa shape index (κ1) is 17.7. The predicted molar refractivity (Wildman–Crippen MR) is 80.6 cm³/mol. The van der Waals surface area contributed by atoms with Crippen molar-refractivity contribution in [1.82, 2.24) is 4.90 Å². The van der Waals surface area contributed by atoms with E-state index in [2.05, 4.69) is 0 Å². The molecule has 0 fully saturated rings. The minimum Gasteiger partial charge on any atom is -0.399 e. The number of amides is 1. The van der Waals surface area contributed by atoms with Gasteiger partial charge in [-0.3, -0.25) is 4.79 Å². The van der Waals surface area contributed by atoms with E-state index in [1.807, 2.05) is 31.3 Å². The average molecular weight is 287 g/mol. The van der Waals surface area contributed by atoms with Gasteiger partial charge in [-0.25, -0.2) is 0 Å². The fourth-order valence-electron chi connectivity index (χ4n) is 1.77. The summed E-state index contributed by atoms with van der Waals surface area (Å²) in [6, 6.07) is 7.67. The number of hydrogen-bond donors (Lipinski definition) is 1. The molecule has 0 saturated heterocycles. The Morgan fingerprint density at radius 2 is 2.05 bits per heavy atom. The number of carbonyl (C=O) groups excluding carboxylic acids is 1. The fraction of sp³-hybridized carbons (Fsp3) is 0.500. The molecule has 0 aliphatic heterocycles. The van der Waals surface area contributed by atoms with Crippen LogP contribution in [0.2, 0.25) is 0 Å². The molecule has 2 N–H and O–H groups in total. The quantitative estimate of drug-likeness (QED) is 0.617. The van der Waals surface area contributed by atoms with Crippen LogP contribution in [0.5, 0.6) is 0 Å². The molecule has 0 bridgehead atoms. The van der Waals surface area contributed by atoms with Gasteiger partial charge in [0.25, 0.3) is 0 Å². The lowest BCUT2D eigenvalue weighted by atomic mass is 10.1. The Labute approximate surface area is 121 Å². The first-order chi connectivity index (χ1) is 8.65. The Hall–Kier alpha value is -1.26.